The van der Waals surface area contributed by atoms with Gasteiger partial charge in [0.25, 0.3) is 5.89 Å². The number of thiophene rings is 1. The van der Waals surface area contributed by atoms with E-state index in [1.165, 1.54) is 22.3 Å². The van der Waals surface area contributed by atoms with E-state index in [0.29, 0.717) is 23.4 Å². The molecule has 0 bridgehead atoms. The Hall–Kier alpha value is -3.29. The first-order chi connectivity index (χ1) is 16.4. The van der Waals surface area contributed by atoms with Crippen molar-refractivity contribution in [2.45, 2.75) is 40.3 Å². The molecule has 3 heterocycles. The summed E-state index contributed by atoms with van der Waals surface area (Å²) >= 11 is 7.47. The topological polar surface area (TPSA) is 54.2 Å². The minimum absolute atomic E-state index is 0.184. The first-order valence-electron chi connectivity index (χ1n) is 11.2. The monoisotopic (exact) mass is 486 g/mol. The Morgan fingerprint density at radius 3 is 2.56 bits per heavy atom. The second kappa shape index (κ2) is 9.16. The maximum atomic E-state index is 5.87. The summed E-state index contributed by atoms with van der Waals surface area (Å²) in [5, 5.41) is 10.5. The molecule has 0 fully saturated rings. The summed E-state index contributed by atoms with van der Waals surface area (Å²) in [6, 6.07) is 18.7. The molecule has 1 unspecified atom stereocenters. The Bertz CT molecular complexity index is 1390. The summed E-state index contributed by atoms with van der Waals surface area (Å²) in [6.07, 6.45) is 0. The predicted octanol–water partition coefficient (Wildman–Crippen LogP) is 6.59. The fourth-order valence-electron chi connectivity index (χ4n) is 4.24. The van der Waals surface area contributed by atoms with Crippen LogP contribution in [0.25, 0.3) is 16.3 Å². The molecule has 4 aromatic rings. The minimum atomic E-state index is -0.184. The van der Waals surface area contributed by atoms with Gasteiger partial charge < -0.3 is 14.7 Å². The van der Waals surface area contributed by atoms with Crippen LogP contribution in [-0.4, -0.2) is 20.2 Å². The fraction of sp³-hybridized carbons (Fsp3) is 0.222. The maximum absolute atomic E-state index is 5.87. The van der Waals surface area contributed by atoms with Gasteiger partial charge in [0.15, 0.2) is 5.11 Å². The molecule has 0 saturated carbocycles. The number of aryl methyl sites for hydroxylation is 3. The van der Waals surface area contributed by atoms with Crippen LogP contribution in [0.2, 0.25) is 0 Å². The Morgan fingerprint density at radius 2 is 1.82 bits per heavy atom. The van der Waals surface area contributed by atoms with Crippen LogP contribution in [0.5, 0.6) is 0 Å². The zero-order chi connectivity index (χ0) is 23.8. The average Bonchev–Trinajstić information content (AvgIpc) is 3.51. The van der Waals surface area contributed by atoms with Gasteiger partial charge in [-0.05, 0) is 79.2 Å². The predicted molar refractivity (Wildman–Crippen MR) is 141 cm³/mol. The van der Waals surface area contributed by atoms with E-state index < -0.39 is 0 Å². The molecule has 1 atom stereocenters. The largest absolute Gasteiger partial charge is 0.351 e. The Morgan fingerprint density at radius 1 is 1.00 bits per heavy atom. The van der Waals surface area contributed by atoms with Gasteiger partial charge in [-0.1, -0.05) is 53.7 Å². The lowest BCUT2D eigenvalue weighted by molar-refractivity contribution is 0.396. The fourth-order valence-corrected chi connectivity index (χ4v) is 5.21. The van der Waals surface area contributed by atoms with Gasteiger partial charge in [0.1, 0.15) is 0 Å². The van der Waals surface area contributed by atoms with Crippen LogP contribution in [0.3, 0.4) is 0 Å². The zero-order valence-corrected chi connectivity index (χ0v) is 21.3. The van der Waals surface area contributed by atoms with E-state index in [9.17, 15) is 0 Å². The van der Waals surface area contributed by atoms with Crippen molar-refractivity contribution in [2.75, 3.05) is 0 Å². The number of nitrogens with one attached hydrogen (secondary N) is 1. The van der Waals surface area contributed by atoms with Gasteiger partial charge in [0.2, 0.25) is 5.82 Å². The van der Waals surface area contributed by atoms with Crippen molar-refractivity contribution in [3.05, 3.63) is 99.4 Å². The normalized spacial score (nSPS) is 16.2. The lowest BCUT2D eigenvalue weighted by Gasteiger charge is -2.37. The number of benzene rings is 2. The number of aromatic nitrogens is 2. The van der Waals surface area contributed by atoms with E-state index in [0.717, 1.165) is 21.7 Å². The summed E-state index contributed by atoms with van der Waals surface area (Å²) in [6.45, 7) is 9.12. The van der Waals surface area contributed by atoms with Gasteiger partial charge in [-0.25, -0.2) is 0 Å². The molecule has 5 nitrogen and oxygen atoms in total. The zero-order valence-electron chi connectivity index (χ0n) is 19.6. The second-order valence-electron chi connectivity index (χ2n) is 8.64. The highest BCUT2D eigenvalue weighted by atomic mass is 32.1. The Labute approximate surface area is 209 Å². The number of hydrogen-bond donors (Lipinski definition) is 1. The van der Waals surface area contributed by atoms with Crippen molar-refractivity contribution in [1.82, 2.24) is 20.4 Å². The van der Waals surface area contributed by atoms with E-state index in [4.69, 9.17) is 21.7 Å². The van der Waals surface area contributed by atoms with Crippen molar-refractivity contribution in [2.24, 2.45) is 0 Å². The van der Waals surface area contributed by atoms with Gasteiger partial charge in [0.05, 0.1) is 23.0 Å². The minimum Gasteiger partial charge on any atom is -0.351 e. The lowest BCUT2D eigenvalue weighted by atomic mass is 9.92. The van der Waals surface area contributed by atoms with Gasteiger partial charge in [-0.2, -0.15) is 4.98 Å². The van der Waals surface area contributed by atoms with Crippen LogP contribution in [0, 0.1) is 20.8 Å². The smallest absolute Gasteiger partial charge is 0.258 e. The Kier molecular flexibility index (Phi) is 6.06. The summed E-state index contributed by atoms with van der Waals surface area (Å²) in [7, 11) is 0. The highest BCUT2D eigenvalue weighted by Gasteiger charge is 2.34. The molecule has 5 rings (SSSR count). The quantitative estimate of drug-likeness (QED) is 0.321. The summed E-state index contributed by atoms with van der Waals surface area (Å²) < 4.78 is 5.84. The highest BCUT2D eigenvalue weighted by molar-refractivity contribution is 7.80. The average molecular weight is 487 g/mol. The number of thiocarbonyl (C=S) groups is 1. The number of allylic oxidation sites excluding steroid dienone is 1. The Balaban J connectivity index is 1.62. The third-order valence-electron chi connectivity index (χ3n) is 6.45. The number of rotatable bonds is 5. The molecule has 0 spiro atoms. The van der Waals surface area contributed by atoms with E-state index in [1.54, 1.807) is 11.3 Å². The molecule has 2 aromatic carbocycles. The molecule has 0 amide bonds. The van der Waals surface area contributed by atoms with Gasteiger partial charge >= 0.3 is 0 Å². The van der Waals surface area contributed by atoms with Gasteiger partial charge in [-0.3, -0.25) is 0 Å². The van der Waals surface area contributed by atoms with Gasteiger partial charge in [-0.15, -0.1) is 11.3 Å². The van der Waals surface area contributed by atoms with Gasteiger partial charge in [0, 0.05) is 5.70 Å². The molecule has 1 aliphatic rings. The molecule has 0 aliphatic carbocycles. The van der Waals surface area contributed by atoms with Crippen LogP contribution in [0.4, 0.5) is 0 Å². The molecule has 172 valence electrons. The molecular formula is C27H26N4OS2. The number of nitrogens with zero attached hydrogens (tertiary/aromatic N) is 3. The standard InChI is InChI=1S/C27H26N4OS2/c1-16-11-12-20(14-18(16)3)24-23(26-29-25(30-32-26)22-10-7-13-34-22)19(4)31(27(33)28-24)15-21-9-6-5-8-17(21)2/h5-14,24H,15H2,1-4H3,(H,28,33). The lowest BCUT2D eigenvalue weighted by Crippen LogP contribution is -2.45. The van der Waals surface area contributed by atoms with Crippen molar-refractivity contribution in [3.8, 4) is 10.7 Å². The molecule has 7 heteroatoms. The van der Waals surface area contributed by atoms with Crippen molar-refractivity contribution >= 4 is 34.2 Å². The van der Waals surface area contributed by atoms with Crippen LogP contribution in [0.1, 0.15) is 46.7 Å². The molecule has 1 N–H and O–H groups in total. The SMILES string of the molecule is CC1=C(c2nc(-c3cccs3)no2)C(c2ccc(C)c(C)c2)NC(=S)N1Cc1ccccc1C. The van der Waals surface area contributed by atoms with Crippen molar-refractivity contribution < 1.29 is 4.52 Å². The molecule has 0 saturated heterocycles. The first kappa shape index (κ1) is 22.5. The van der Waals surface area contributed by atoms with E-state index in [2.05, 4.69) is 85.5 Å². The maximum Gasteiger partial charge on any atom is 0.258 e. The number of hydrogen-bond acceptors (Lipinski definition) is 5. The molecule has 34 heavy (non-hydrogen) atoms. The van der Waals surface area contributed by atoms with Crippen LogP contribution >= 0.6 is 23.6 Å². The third kappa shape index (κ3) is 4.17. The summed E-state index contributed by atoms with van der Waals surface area (Å²) in [4.78, 5) is 7.89. The second-order valence-corrected chi connectivity index (χ2v) is 9.97. The summed E-state index contributed by atoms with van der Waals surface area (Å²) in [5.74, 6) is 1.11. The van der Waals surface area contributed by atoms with Crippen LogP contribution in [-0.2, 0) is 6.54 Å². The first-order valence-corrected chi connectivity index (χ1v) is 12.5. The molecule has 0 radical (unpaired) electrons. The van der Waals surface area contributed by atoms with Crippen molar-refractivity contribution in [1.29, 1.82) is 0 Å². The van der Waals surface area contributed by atoms with Crippen molar-refractivity contribution in [3.63, 3.8) is 0 Å². The molecule has 2 aromatic heterocycles. The third-order valence-corrected chi connectivity index (χ3v) is 7.65. The molecular weight excluding hydrogens is 460 g/mol. The summed E-state index contributed by atoms with van der Waals surface area (Å²) in [5.41, 5.74) is 8.01. The van der Waals surface area contributed by atoms with E-state index >= 15 is 0 Å². The molecule has 1 aliphatic heterocycles. The van der Waals surface area contributed by atoms with E-state index in [1.807, 2.05) is 17.5 Å². The van der Waals surface area contributed by atoms with Crippen LogP contribution in [0.15, 0.2) is 70.2 Å². The van der Waals surface area contributed by atoms with Crippen LogP contribution < -0.4 is 5.32 Å². The van der Waals surface area contributed by atoms with E-state index in [-0.39, 0.29) is 6.04 Å². The highest BCUT2D eigenvalue weighted by Crippen LogP contribution is 2.38.